The minimum Gasteiger partial charge on any atom is -0.359 e. The molecule has 1 saturated heterocycles. The van der Waals surface area contributed by atoms with Gasteiger partial charge in [-0.1, -0.05) is 13.3 Å². The molecule has 26 heavy (non-hydrogen) atoms. The smallest absolute Gasteiger partial charge is 0.254 e. The number of carbonyl (C=O) groups is 2. The molecule has 1 aromatic rings. The SMILES string of the molecule is CCC[C@H]1CN(CCC(=O)NC)C[C@@H]1NC(=O)c1cnc(C2CC2)nc1. The molecule has 7 nitrogen and oxygen atoms in total. The maximum absolute atomic E-state index is 12.6. The van der Waals surface area contributed by atoms with Gasteiger partial charge in [0.15, 0.2) is 0 Å². The molecule has 0 aromatic carbocycles. The minimum atomic E-state index is -0.105. The molecule has 0 bridgehead atoms. The molecule has 1 aliphatic carbocycles. The molecule has 1 aliphatic heterocycles. The third kappa shape index (κ3) is 4.78. The summed E-state index contributed by atoms with van der Waals surface area (Å²) in [6.07, 6.45) is 8.23. The van der Waals surface area contributed by atoms with E-state index >= 15 is 0 Å². The third-order valence-electron chi connectivity index (χ3n) is 5.30. The van der Waals surface area contributed by atoms with E-state index in [-0.39, 0.29) is 17.9 Å². The molecule has 0 spiro atoms. The van der Waals surface area contributed by atoms with Gasteiger partial charge in [0.05, 0.1) is 5.56 Å². The van der Waals surface area contributed by atoms with Crippen molar-refractivity contribution < 1.29 is 9.59 Å². The van der Waals surface area contributed by atoms with Gasteiger partial charge in [-0.05, 0) is 25.2 Å². The molecule has 1 aromatic heterocycles. The molecule has 2 heterocycles. The highest BCUT2D eigenvalue weighted by Gasteiger charge is 2.33. The average Bonchev–Trinajstić information content (AvgIpc) is 3.44. The Morgan fingerprint density at radius 3 is 2.58 bits per heavy atom. The van der Waals surface area contributed by atoms with E-state index in [2.05, 4.69) is 32.4 Å². The van der Waals surface area contributed by atoms with Crippen molar-refractivity contribution >= 4 is 11.8 Å². The van der Waals surface area contributed by atoms with Crippen LogP contribution in [0.1, 0.15) is 61.1 Å². The number of carbonyl (C=O) groups excluding carboxylic acids is 2. The van der Waals surface area contributed by atoms with Gasteiger partial charge < -0.3 is 15.5 Å². The van der Waals surface area contributed by atoms with Crippen LogP contribution in [0.2, 0.25) is 0 Å². The van der Waals surface area contributed by atoms with Gasteiger partial charge in [0, 0.05) is 57.5 Å². The number of nitrogens with one attached hydrogen (secondary N) is 2. The summed E-state index contributed by atoms with van der Waals surface area (Å²) in [5.74, 6) is 1.71. The second-order valence-corrected chi connectivity index (χ2v) is 7.42. The van der Waals surface area contributed by atoms with Gasteiger partial charge in [-0.3, -0.25) is 9.59 Å². The zero-order valence-corrected chi connectivity index (χ0v) is 15.7. The lowest BCUT2D eigenvalue weighted by Gasteiger charge is -2.19. The molecule has 2 fully saturated rings. The Labute approximate surface area is 155 Å². The first-order chi connectivity index (χ1) is 12.6. The zero-order chi connectivity index (χ0) is 18.5. The Bertz CT molecular complexity index is 629. The Morgan fingerprint density at radius 1 is 1.23 bits per heavy atom. The maximum atomic E-state index is 12.6. The number of likely N-dealkylation sites (tertiary alicyclic amines) is 1. The van der Waals surface area contributed by atoms with Crippen LogP contribution < -0.4 is 10.6 Å². The monoisotopic (exact) mass is 359 g/mol. The van der Waals surface area contributed by atoms with Crippen molar-refractivity contribution in [2.75, 3.05) is 26.7 Å². The number of hydrogen-bond acceptors (Lipinski definition) is 5. The van der Waals surface area contributed by atoms with Crippen LogP contribution in [0.3, 0.4) is 0 Å². The normalized spacial score (nSPS) is 23.0. The Morgan fingerprint density at radius 2 is 1.96 bits per heavy atom. The van der Waals surface area contributed by atoms with Gasteiger partial charge in [0.2, 0.25) is 5.91 Å². The van der Waals surface area contributed by atoms with Crippen molar-refractivity contribution in [3.05, 3.63) is 23.8 Å². The Kier molecular flexibility index (Phi) is 6.19. The lowest BCUT2D eigenvalue weighted by atomic mass is 9.98. The maximum Gasteiger partial charge on any atom is 0.254 e. The first-order valence-corrected chi connectivity index (χ1v) is 9.66. The quantitative estimate of drug-likeness (QED) is 0.731. The highest BCUT2D eigenvalue weighted by molar-refractivity contribution is 5.93. The molecule has 1 saturated carbocycles. The summed E-state index contributed by atoms with van der Waals surface area (Å²) in [7, 11) is 1.66. The summed E-state index contributed by atoms with van der Waals surface area (Å²) in [6, 6.07) is 0.107. The van der Waals surface area contributed by atoms with Crippen LogP contribution in [-0.4, -0.2) is 59.4 Å². The van der Waals surface area contributed by atoms with E-state index in [1.807, 2.05) is 0 Å². The second-order valence-electron chi connectivity index (χ2n) is 7.42. The topological polar surface area (TPSA) is 87.2 Å². The van der Waals surface area contributed by atoms with Crippen LogP contribution >= 0.6 is 0 Å². The Hall–Kier alpha value is -2.02. The summed E-state index contributed by atoms with van der Waals surface area (Å²) in [6.45, 7) is 4.60. The highest BCUT2D eigenvalue weighted by atomic mass is 16.2. The predicted octanol–water partition coefficient (Wildman–Crippen LogP) is 1.32. The molecule has 2 amide bonds. The summed E-state index contributed by atoms with van der Waals surface area (Å²) in [5.41, 5.74) is 0.522. The number of amides is 2. The number of nitrogens with zero attached hydrogens (tertiary/aromatic N) is 3. The molecular formula is C19H29N5O2. The van der Waals surface area contributed by atoms with Crippen molar-refractivity contribution in [3.8, 4) is 0 Å². The molecule has 2 atom stereocenters. The predicted molar refractivity (Wildman–Crippen MR) is 98.8 cm³/mol. The van der Waals surface area contributed by atoms with Gasteiger partial charge in [-0.25, -0.2) is 9.97 Å². The van der Waals surface area contributed by atoms with Crippen LogP contribution in [0, 0.1) is 5.92 Å². The van der Waals surface area contributed by atoms with Crippen LogP contribution in [0.5, 0.6) is 0 Å². The Balaban J connectivity index is 1.56. The van der Waals surface area contributed by atoms with Crippen molar-refractivity contribution in [2.45, 2.75) is 51.0 Å². The van der Waals surface area contributed by atoms with E-state index in [9.17, 15) is 9.59 Å². The van der Waals surface area contributed by atoms with E-state index in [1.165, 1.54) is 0 Å². The van der Waals surface area contributed by atoms with E-state index < -0.39 is 0 Å². The number of rotatable bonds is 8. The lowest BCUT2D eigenvalue weighted by Crippen LogP contribution is -2.40. The second kappa shape index (κ2) is 8.58. The van der Waals surface area contributed by atoms with Crippen LogP contribution in [-0.2, 0) is 4.79 Å². The molecule has 0 radical (unpaired) electrons. The minimum absolute atomic E-state index is 0.0532. The first-order valence-electron chi connectivity index (χ1n) is 9.66. The standard InChI is InChI=1S/C19H29N5O2/c1-3-4-14-11-24(8-7-17(25)20-2)12-16(14)23-19(26)15-9-21-18(22-10-15)13-5-6-13/h9-10,13-14,16H,3-8,11-12H2,1-2H3,(H,20,25)(H,23,26)/t14-,16-/m0/s1. The summed E-state index contributed by atoms with van der Waals surface area (Å²) < 4.78 is 0. The lowest BCUT2D eigenvalue weighted by molar-refractivity contribution is -0.120. The third-order valence-corrected chi connectivity index (χ3v) is 5.30. The molecule has 3 rings (SSSR count). The average molecular weight is 359 g/mol. The van der Waals surface area contributed by atoms with Crippen molar-refractivity contribution in [2.24, 2.45) is 5.92 Å². The van der Waals surface area contributed by atoms with Gasteiger partial charge in [-0.2, -0.15) is 0 Å². The van der Waals surface area contributed by atoms with Crippen LogP contribution in [0.15, 0.2) is 12.4 Å². The molecule has 7 heteroatoms. The fourth-order valence-corrected chi connectivity index (χ4v) is 3.61. The number of aromatic nitrogens is 2. The van der Waals surface area contributed by atoms with Crippen molar-refractivity contribution in [3.63, 3.8) is 0 Å². The first kappa shape index (κ1) is 18.8. The fraction of sp³-hybridized carbons (Fsp3) is 0.684. The van der Waals surface area contributed by atoms with Gasteiger partial charge in [0.25, 0.3) is 5.91 Å². The van der Waals surface area contributed by atoms with Gasteiger partial charge >= 0.3 is 0 Å². The summed E-state index contributed by atoms with van der Waals surface area (Å²) >= 11 is 0. The summed E-state index contributed by atoms with van der Waals surface area (Å²) in [4.78, 5) is 35.0. The molecule has 0 unspecified atom stereocenters. The highest BCUT2D eigenvalue weighted by Crippen LogP contribution is 2.37. The van der Waals surface area contributed by atoms with E-state index in [0.29, 0.717) is 23.8 Å². The van der Waals surface area contributed by atoms with Gasteiger partial charge in [-0.15, -0.1) is 0 Å². The molecule has 2 aliphatic rings. The van der Waals surface area contributed by atoms with Crippen molar-refractivity contribution in [1.29, 1.82) is 0 Å². The molecular weight excluding hydrogens is 330 g/mol. The molecule has 142 valence electrons. The largest absolute Gasteiger partial charge is 0.359 e. The van der Waals surface area contributed by atoms with E-state index in [4.69, 9.17) is 0 Å². The van der Waals surface area contributed by atoms with E-state index in [1.54, 1.807) is 19.4 Å². The van der Waals surface area contributed by atoms with Crippen molar-refractivity contribution in [1.82, 2.24) is 25.5 Å². The molecule has 2 N–H and O–H groups in total. The fourth-order valence-electron chi connectivity index (χ4n) is 3.61. The van der Waals surface area contributed by atoms with Gasteiger partial charge in [0.1, 0.15) is 5.82 Å². The summed E-state index contributed by atoms with van der Waals surface area (Å²) in [5, 5.41) is 5.82. The zero-order valence-electron chi connectivity index (χ0n) is 15.7. The number of hydrogen-bond donors (Lipinski definition) is 2. The van der Waals surface area contributed by atoms with Crippen LogP contribution in [0.4, 0.5) is 0 Å². The van der Waals surface area contributed by atoms with Crippen LogP contribution in [0.25, 0.3) is 0 Å². The van der Waals surface area contributed by atoms with E-state index in [0.717, 1.165) is 51.1 Å².